The van der Waals surface area contributed by atoms with E-state index in [1.807, 2.05) is 0 Å². The quantitative estimate of drug-likeness (QED) is 0.227. The maximum Gasteiger partial charge on any atom is 0.495 e. The Morgan fingerprint density at radius 1 is 1.11 bits per heavy atom. The van der Waals surface area contributed by atoms with Crippen molar-refractivity contribution in [1.82, 2.24) is 0 Å². The molecule has 0 atom stereocenters. The van der Waals surface area contributed by atoms with Crippen LogP contribution in [0.5, 0.6) is 0 Å². The van der Waals surface area contributed by atoms with E-state index in [0.29, 0.717) is 16.5 Å². The third-order valence-corrected chi connectivity index (χ3v) is 8.46. The van der Waals surface area contributed by atoms with Crippen molar-refractivity contribution in [3.05, 3.63) is 58.6 Å². The summed E-state index contributed by atoms with van der Waals surface area (Å²) in [5.41, 5.74) is 9.69. The Morgan fingerprint density at radius 2 is 1.74 bits per heavy atom. The highest BCUT2D eigenvalue weighted by molar-refractivity contribution is 8.31. The summed E-state index contributed by atoms with van der Waals surface area (Å²) >= 11 is 5.85. The lowest BCUT2D eigenvalue weighted by Crippen LogP contribution is -2.29. The van der Waals surface area contributed by atoms with Crippen LogP contribution in [0.15, 0.2) is 42.5 Å². The number of allylic oxidation sites excluding steroid dienone is 1. The molecule has 1 aromatic rings. The van der Waals surface area contributed by atoms with Gasteiger partial charge < -0.3 is 5.53 Å². The molecule has 1 fully saturated rings. The van der Waals surface area contributed by atoms with Gasteiger partial charge in [0.15, 0.2) is 0 Å². The maximum atomic E-state index is 12.3. The number of benzene rings is 1. The van der Waals surface area contributed by atoms with E-state index < -0.39 is 35.6 Å². The third kappa shape index (κ3) is 6.43. The molecule has 6 nitrogen and oxygen atoms in total. The summed E-state index contributed by atoms with van der Waals surface area (Å²) in [4.78, 5) is 2.57. The van der Waals surface area contributed by atoms with Gasteiger partial charge in [0.2, 0.25) is 0 Å². The van der Waals surface area contributed by atoms with Gasteiger partial charge in [0.05, 0.1) is 11.5 Å². The van der Waals surface area contributed by atoms with Crippen LogP contribution in [0.1, 0.15) is 31.2 Å². The lowest BCUT2D eigenvalue weighted by atomic mass is 10.1. The largest absolute Gasteiger partial charge is 0.495 e. The normalized spacial score (nSPS) is 16.2. The van der Waals surface area contributed by atoms with Gasteiger partial charge in [-0.2, -0.15) is 0 Å². The standard InChI is InChI=1S/C18H21ClN2O4S2/c19-17-11-3-8-16(14-17)10-5-13-27(24,25)18(21-20)26(22,23)12-4-9-15-6-1-2-7-15/h3-5,8-11,14-15H,1-2,6-7,12-13H2. The number of nitrogens with zero attached hydrogens (tertiary/aromatic N) is 2. The lowest BCUT2D eigenvalue weighted by molar-refractivity contribution is 0.00385. The molecule has 0 saturated heterocycles. The molecular weight excluding hydrogens is 408 g/mol. The number of hydrogen-bond donors (Lipinski definition) is 0. The van der Waals surface area contributed by atoms with Gasteiger partial charge in [-0.15, -0.1) is 4.79 Å². The molecular formula is C18H21ClN2O4S2. The Kier molecular flexibility index (Phi) is 7.56. The van der Waals surface area contributed by atoms with Crippen molar-refractivity contribution >= 4 is 41.7 Å². The molecule has 0 heterocycles. The first-order chi connectivity index (χ1) is 12.7. The highest BCUT2D eigenvalue weighted by Gasteiger charge is 2.39. The third-order valence-electron chi connectivity index (χ3n) is 4.21. The van der Waals surface area contributed by atoms with Gasteiger partial charge in [0.1, 0.15) is 0 Å². The average molecular weight is 429 g/mol. The fourth-order valence-corrected chi connectivity index (χ4v) is 6.31. The van der Waals surface area contributed by atoms with Gasteiger partial charge in [-0.1, -0.05) is 60.9 Å². The molecule has 1 aliphatic rings. The summed E-state index contributed by atoms with van der Waals surface area (Å²) in [7, 11) is -8.55. The first-order valence-corrected chi connectivity index (χ1v) is 12.2. The van der Waals surface area contributed by atoms with Crippen molar-refractivity contribution in [2.45, 2.75) is 25.7 Å². The van der Waals surface area contributed by atoms with Gasteiger partial charge >= 0.3 is 4.38 Å². The summed E-state index contributed by atoms with van der Waals surface area (Å²) in [6.45, 7) is 0. The number of hydrogen-bond acceptors (Lipinski definition) is 4. The predicted molar refractivity (Wildman–Crippen MR) is 108 cm³/mol. The van der Waals surface area contributed by atoms with Crippen molar-refractivity contribution < 1.29 is 21.6 Å². The molecule has 0 spiro atoms. The van der Waals surface area contributed by atoms with E-state index in [-0.39, 0.29) is 0 Å². The Balaban J connectivity index is 2.08. The summed E-state index contributed by atoms with van der Waals surface area (Å²) < 4.78 is 48.0. The van der Waals surface area contributed by atoms with E-state index in [4.69, 9.17) is 17.1 Å². The second-order valence-electron chi connectivity index (χ2n) is 6.36. The highest BCUT2D eigenvalue weighted by Crippen LogP contribution is 2.25. The van der Waals surface area contributed by atoms with Crippen molar-refractivity contribution in [2.24, 2.45) is 5.92 Å². The lowest BCUT2D eigenvalue weighted by Gasteiger charge is -2.00. The molecule has 0 unspecified atom stereocenters. The first-order valence-electron chi connectivity index (χ1n) is 8.51. The highest BCUT2D eigenvalue weighted by atomic mass is 35.5. The molecule has 1 aromatic carbocycles. The van der Waals surface area contributed by atoms with Crippen LogP contribution in [0.3, 0.4) is 0 Å². The van der Waals surface area contributed by atoms with Gasteiger partial charge in [-0.05, 0) is 36.5 Å². The zero-order valence-corrected chi connectivity index (χ0v) is 17.0. The van der Waals surface area contributed by atoms with Gasteiger partial charge in [0.25, 0.3) is 19.7 Å². The summed E-state index contributed by atoms with van der Waals surface area (Å²) in [6.07, 6.45) is 10.3. The van der Waals surface area contributed by atoms with Crippen LogP contribution in [-0.2, 0) is 19.7 Å². The van der Waals surface area contributed by atoms with Crippen molar-refractivity contribution in [3.63, 3.8) is 0 Å². The van der Waals surface area contributed by atoms with E-state index in [2.05, 4.69) is 4.79 Å². The SMILES string of the molecule is [N-]=[N+]=C(S(=O)(=O)CC=Cc1cccc(Cl)c1)S(=O)(=O)CC=CC1CCCC1. The Bertz CT molecular complexity index is 986. The smallest absolute Gasteiger partial charge is 0.359 e. The van der Waals surface area contributed by atoms with Crippen molar-refractivity contribution in [1.29, 1.82) is 0 Å². The zero-order valence-electron chi connectivity index (χ0n) is 14.7. The second kappa shape index (κ2) is 9.46. The van der Waals surface area contributed by atoms with Crippen molar-refractivity contribution in [2.75, 3.05) is 11.5 Å². The minimum absolute atomic E-state index is 0.326. The second-order valence-corrected chi connectivity index (χ2v) is 11.0. The Hall–Kier alpha value is -1.73. The average Bonchev–Trinajstić information content (AvgIpc) is 3.08. The van der Waals surface area contributed by atoms with E-state index in [1.165, 1.54) is 18.2 Å². The zero-order chi connectivity index (χ0) is 19.9. The van der Waals surface area contributed by atoms with E-state index in [9.17, 15) is 16.8 Å². The minimum Gasteiger partial charge on any atom is -0.359 e. The molecule has 0 aliphatic heterocycles. The van der Waals surface area contributed by atoms with Gasteiger partial charge in [0, 0.05) is 5.02 Å². The van der Waals surface area contributed by atoms with Gasteiger partial charge in [-0.25, -0.2) is 16.8 Å². The molecule has 1 aliphatic carbocycles. The predicted octanol–water partition coefficient (Wildman–Crippen LogP) is 3.52. The van der Waals surface area contributed by atoms with Crippen LogP contribution in [0.4, 0.5) is 0 Å². The summed E-state index contributed by atoms with van der Waals surface area (Å²) in [5.74, 6) is -0.795. The van der Waals surface area contributed by atoms with Crippen LogP contribution in [0.2, 0.25) is 5.02 Å². The fraction of sp³-hybridized carbons (Fsp3) is 0.389. The summed E-state index contributed by atoms with van der Waals surface area (Å²) in [6, 6.07) is 6.74. The van der Waals surface area contributed by atoms with Crippen LogP contribution in [0, 0.1) is 5.92 Å². The number of sulfone groups is 2. The number of rotatable bonds is 6. The summed E-state index contributed by atoms with van der Waals surface area (Å²) in [5, 5.41) is 0.495. The molecule has 27 heavy (non-hydrogen) atoms. The first kappa shape index (κ1) is 21.6. The molecule has 0 N–H and O–H groups in total. The molecule has 1 saturated carbocycles. The Labute approximate surface area is 165 Å². The molecule has 0 aromatic heterocycles. The fourth-order valence-electron chi connectivity index (χ4n) is 2.91. The van der Waals surface area contributed by atoms with E-state index >= 15 is 0 Å². The molecule has 0 bridgehead atoms. The minimum atomic E-state index is -4.30. The topological polar surface area (TPSA) is 105 Å². The molecule has 9 heteroatoms. The van der Waals surface area contributed by atoms with E-state index in [1.54, 1.807) is 30.3 Å². The molecule has 0 radical (unpaired) electrons. The molecule has 2 rings (SSSR count). The van der Waals surface area contributed by atoms with Crippen LogP contribution < -0.4 is 0 Å². The van der Waals surface area contributed by atoms with E-state index in [0.717, 1.165) is 25.7 Å². The number of halogens is 1. The van der Waals surface area contributed by atoms with Crippen LogP contribution >= 0.6 is 11.6 Å². The monoisotopic (exact) mass is 428 g/mol. The van der Waals surface area contributed by atoms with Crippen molar-refractivity contribution in [3.8, 4) is 0 Å². The van der Waals surface area contributed by atoms with Gasteiger partial charge in [-0.3, -0.25) is 0 Å². The molecule has 146 valence electrons. The Morgan fingerprint density at radius 3 is 2.33 bits per heavy atom. The molecule has 0 amide bonds. The maximum absolute atomic E-state index is 12.3. The van der Waals surface area contributed by atoms with Crippen LogP contribution in [-0.4, -0.2) is 37.5 Å². The van der Waals surface area contributed by atoms with Crippen LogP contribution in [0.25, 0.3) is 11.6 Å².